The van der Waals surface area contributed by atoms with E-state index in [1.54, 1.807) is 18.2 Å². The van der Waals surface area contributed by atoms with Gasteiger partial charge in [-0.05, 0) is 62.0 Å². The SMILES string of the molecule is O=C(O)C(=O)O.O=Cc1cc(Cl)ccc1OCCN1CCC(Cc2ccccc2)CC1. The van der Waals surface area contributed by atoms with Crippen LogP contribution < -0.4 is 4.74 Å². The van der Waals surface area contributed by atoms with Gasteiger partial charge in [-0.25, -0.2) is 9.59 Å². The summed E-state index contributed by atoms with van der Waals surface area (Å²) in [7, 11) is 0. The number of aldehydes is 1. The molecule has 0 bridgehead atoms. The van der Waals surface area contributed by atoms with Crippen LogP contribution in [-0.4, -0.2) is 59.6 Å². The van der Waals surface area contributed by atoms with Crippen molar-refractivity contribution in [2.45, 2.75) is 19.3 Å². The van der Waals surface area contributed by atoms with Gasteiger partial charge in [0.05, 0.1) is 5.56 Å². The van der Waals surface area contributed by atoms with Gasteiger partial charge in [-0.1, -0.05) is 41.9 Å². The number of carbonyl (C=O) groups is 3. The van der Waals surface area contributed by atoms with Crippen LogP contribution in [-0.2, 0) is 16.0 Å². The van der Waals surface area contributed by atoms with Crippen LogP contribution in [0.2, 0.25) is 5.02 Å². The lowest BCUT2D eigenvalue weighted by molar-refractivity contribution is -0.159. The molecule has 1 saturated heterocycles. The molecule has 2 aromatic carbocycles. The molecular formula is C23H26ClNO6. The number of hydrogen-bond acceptors (Lipinski definition) is 5. The third-order valence-corrected chi connectivity index (χ3v) is 5.26. The number of nitrogens with zero attached hydrogens (tertiary/aromatic N) is 1. The molecule has 2 aromatic rings. The smallest absolute Gasteiger partial charge is 0.414 e. The number of benzene rings is 2. The Morgan fingerprint density at radius 3 is 2.29 bits per heavy atom. The van der Waals surface area contributed by atoms with Crippen LogP contribution in [0.25, 0.3) is 0 Å². The van der Waals surface area contributed by atoms with E-state index in [9.17, 15) is 4.79 Å². The topological polar surface area (TPSA) is 104 Å². The Morgan fingerprint density at radius 1 is 1.06 bits per heavy atom. The van der Waals surface area contributed by atoms with E-state index < -0.39 is 11.9 Å². The lowest BCUT2D eigenvalue weighted by Crippen LogP contribution is -2.37. The van der Waals surface area contributed by atoms with E-state index in [2.05, 4.69) is 35.2 Å². The molecule has 0 atom stereocenters. The maximum absolute atomic E-state index is 11.1. The number of halogens is 1. The Balaban J connectivity index is 0.000000501. The van der Waals surface area contributed by atoms with Gasteiger partial charge in [0.1, 0.15) is 12.4 Å². The van der Waals surface area contributed by atoms with Gasteiger partial charge in [0, 0.05) is 11.6 Å². The fourth-order valence-electron chi connectivity index (χ4n) is 3.39. The highest BCUT2D eigenvalue weighted by molar-refractivity contribution is 6.30. The van der Waals surface area contributed by atoms with Gasteiger partial charge in [0.2, 0.25) is 0 Å². The molecule has 7 nitrogen and oxygen atoms in total. The second kappa shape index (κ2) is 12.7. The summed E-state index contributed by atoms with van der Waals surface area (Å²) in [5.74, 6) is -2.26. The first kappa shape index (κ1) is 24.4. The molecule has 0 saturated carbocycles. The van der Waals surface area contributed by atoms with Crippen LogP contribution in [0.5, 0.6) is 5.75 Å². The van der Waals surface area contributed by atoms with Crippen LogP contribution in [0.3, 0.4) is 0 Å². The van der Waals surface area contributed by atoms with Crippen molar-refractivity contribution in [2.24, 2.45) is 5.92 Å². The summed E-state index contributed by atoms with van der Waals surface area (Å²) >= 11 is 5.90. The van der Waals surface area contributed by atoms with E-state index in [-0.39, 0.29) is 0 Å². The number of piperidine rings is 1. The van der Waals surface area contributed by atoms with Crippen molar-refractivity contribution in [3.63, 3.8) is 0 Å². The fourth-order valence-corrected chi connectivity index (χ4v) is 3.57. The summed E-state index contributed by atoms with van der Waals surface area (Å²) in [5.41, 5.74) is 1.95. The van der Waals surface area contributed by atoms with E-state index in [0.29, 0.717) is 22.9 Å². The van der Waals surface area contributed by atoms with Crippen molar-refractivity contribution in [2.75, 3.05) is 26.2 Å². The number of likely N-dealkylation sites (tertiary alicyclic amines) is 1. The summed E-state index contributed by atoms with van der Waals surface area (Å²) in [5, 5.41) is 15.3. The highest BCUT2D eigenvalue weighted by Crippen LogP contribution is 2.23. The maximum atomic E-state index is 11.1. The van der Waals surface area contributed by atoms with Gasteiger partial charge >= 0.3 is 11.9 Å². The van der Waals surface area contributed by atoms with Gasteiger partial charge in [-0.3, -0.25) is 9.69 Å². The van der Waals surface area contributed by atoms with E-state index >= 15 is 0 Å². The summed E-state index contributed by atoms with van der Waals surface area (Å²) < 4.78 is 5.78. The Kier molecular flexibility index (Phi) is 10.00. The molecule has 1 aliphatic rings. The highest BCUT2D eigenvalue weighted by Gasteiger charge is 2.19. The lowest BCUT2D eigenvalue weighted by atomic mass is 9.90. The minimum Gasteiger partial charge on any atom is -0.492 e. The lowest BCUT2D eigenvalue weighted by Gasteiger charge is -2.32. The number of carboxylic acids is 2. The van der Waals surface area contributed by atoms with E-state index in [4.69, 9.17) is 36.1 Å². The molecule has 1 heterocycles. The standard InChI is InChI=1S/C21H24ClNO2.C2H2O4/c22-20-6-7-21(19(15-20)16-24)25-13-12-23-10-8-18(9-11-23)14-17-4-2-1-3-5-17;3-1(4)2(5)6/h1-7,15-16,18H,8-14H2;(H,3,4)(H,5,6). The molecule has 0 radical (unpaired) electrons. The first-order valence-electron chi connectivity index (χ1n) is 9.99. The van der Waals surface area contributed by atoms with Crippen LogP contribution in [0, 0.1) is 5.92 Å². The first-order valence-corrected chi connectivity index (χ1v) is 10.4. The molecule has 8 heteroatoms. The largest absolute Gasteiger partial charge is 0.492 e. The van der Waals surface area contributed by atoms with Gasteiger partial charge in [-0.15, -0.1) is 0 Å². The minimum atomic E-state index is -1.82. The molecule has 0 aromatic heterocycles. The third-order valence-electron chi connectivity index (χ3n) is 5.02. The van der Waals surface area contributed by atoms with Crippen molar-refractivity contribution in [1.29, 1.82) is 0 Å². The normalized spacial score (nSPS) is 14.2. The number of hydrogen-bond donors (Lipinski definition) is 2. The summed E-state index contributed by atoms with van der Waals surface area (Å²) in [6, 6.07) is 15.9. The number of ether oxygens (including phenoxy) is 1. The monoisotopic (exact) mass is 447 g/mol. The molecule has 0 amide bonds. The van der Waals surface area contributed by atoms with E-state index in [0.717, 1.165) is 31.8 Å². The predicted octanol–water partition coefficient (Wildman–Crippen LogP) is 3.64. The van der Waals surface area contributed by atoms with Crippen LogP contribution in [0.15, 0.2) is 48.5 Å². The van der Waals surface area contributed by atoms with Crippen molar-refractivity contribution < 1.29 is 29.3 Å². The second-order valence-corrected chi connectivity index (χ2v) is 7.67. The van der Waals surface area contributed by atoms with E-state index in [1.165, 1.54) is 24.8 Å². The van der Waals surface area contributed by atoms with Crippen LogP contribution in [0.4, 0.5) is 0 Å². The second-order valence-electron chi connectivity index (χ2n) is 7.23. The summed E-state index contributed by atoms with van der Waals surface area (Å²) in [6.45, 7) is 3.70. The molecular weight excluding hydrogens is 422 g/mol. The minimum absolute atomic E-state index is 0.508. The zero-order chi connectivity index (χ0) is 22.6. The fraction of sp³-hybridized carbons (Fsp3) is 0.348. The van der Waals surface area contributed by atoms with Gasteiger partial charge in [-0.2, -0.15) is 0 Å². The molecule has 1 fully saturated rings. The Hall–Kier alpha value is -2.90. The average molecular weight is 448 g/mol. The number of carbonyl (C=O) groups excluding carboxylic acids is 1. The maximum Gasteiger partial charge on any atom is 0.414 e. The van der Waals surface area contributed by atoms with Crippen LogP contribution >= 0.6 is 11.6 Å². The molecule has 166 valence electrons. The van der Waals surface area contributed by atoms with Crippen molar-refractivity contribution >= 4 is 29.8 Å². The number of aliphatic carboxylic acids is 2. The quantitative estimate of drug-likeness (QED) is 0.493. The van der Waals surface area contributed by atoms with Crippen molar-refractivity contribution in [1.82, 2.24) is 4.90 Å². The molecule has 1 aliphatic heterocycles. The zero-order valence-corrected chi connectivity index (χ0v) is 17.8. The van der Waals surface area contributed by atoms with Crippen molar-refractivity contribution in [3.8, 4) is 5.75 Å². The Bertz CT molecular complexity index is 854. The third kappa shape index (κ3) is 8.78. The molecule has 2 N–H and O–H groups in total. The highest BCUT2D eigenvalue weighted by atomic mass is 35.5. The molecule has 0 aliphatic carbocycles. The molecule has 3 rings (SSSR count). The average Bonchev–Trinajstić information content (AvgIpc) is 2.77. The summed E-state index contributed by atoms with van der Waals surface area (Å²) in [6.07, 6.45) is 4.43. The van der Waals surface area contributed by atoms with Crippen LogP contribution in [0.1, 0.15) is 28.8 Å². The first-order chi connectivity index (χ1) is 14.9. The van der Waals surface area contributed by atoms with E-state index in [1.807, 2.05) is 0 Å². The zero-order valence-electron chi connectivity index (χ0n) is 17.1. The summed E-state index contributed by atoms with van der Waals surface area (Å²) in [4.78, 5) is 31.7. The number of carboxylic acid groups (broad SMARTS) is 2. The van der Waals surface area contributed by atoms with Gasteiger partial charge in [0.25, 0.3) is 0 Å². The molecule has 0 spiro atoms. The van der Waals surface area contributed by atoms with Crippen molar-refractivity contribution in [3.05, 3.63) is 64.7 Å². The van der Waals surface area contributed by atoms with Gasteiger partial charge in [0.15, 0.2) is 6.29 Å². The molecule has 0 unspecified atom stereocenters. The van der Waals surface area contributed by atoms with Gasteiger partial charge < -0.3 is 14.9 Å². The predicted molar refractivity (Wildman–Crippen MR) is 117 cm³/mol. The number of rotatable bonds is 7. The molecule has 31 heavy (non-hydrogen) atoms. The Labute approximate surface area is 186 Å². The Morgan fingerprint density at radius 2 is 1.71 bits per heavy atom.